The first-order valence-corrected chi connectivity index (χ1v) is 19.8. The molecule has 10 heteroatoms. The molecule has 1 heterocycles. The smallest absolute Gasteiger partial charge is 0.311 e. The van der Waals surface area contributed by atoms with Crippen molar-refractivity contribution >= 4 is 34.7 Å². The number of phenols is 1. The van der Waals surface area contributed by atoms with E-state index in [0.717, 1.165) is 77.0 Å². The zero-order valence-corrected chi connectivity index (χ0v) is 32.2. The van der Waals surface area contributed by atoms with Gasteiger partial charge in [0.25, 0.3) is 0 Å². The van der Waals surface area contributed by atoms with Crippen molar-refractivity contribution in [2.24, 2.45) is 0 Å². The average molecular weight is 735 g/mol. The molecular formula is C43H58O10. The predicted octanol–water partition coefficient (Wildman–Crippen LogP) is 10.9. The second kappa shape index (κ2) is 23.2. The Labute approximate surface area is 313 Å². The third-order valence-corrected chi connectivity index (χ3v) is 9.09. The number of fused-ring (bicyclic) bond motifs is 1. The molecule has 0 amide bonds. The molecule has 0 aliphatic heterocycles. The lowest BCUT2D eigenvalue weighted by molar-refractivity contribution is -0.135. The largest absolute Gasteiger partial charge is 0.508 e. The maximum Gasteiger partial charge on any atom is 0.311 e. The van der Waals surface area contributed by atoms with E-state index in [4.69, 9.17) is 18.6 Å². The van der Waals surface area contributed by atoms with Crippen molar-refractivity contribution in [1.29, 1.82) is 0 Å². The Morgan fingerprint density at radius 1 is 0.585 bits per heavy atom. The van der Waals surface area contributed by atoms with Crippen LogP contribution in [-0.4, -0.2) is 28.8 Å². The summed E-state index contributed by atoms with van der Waals surface area (Å²) in [6, 6.07) is 7.10. The zero-order valence-electron chi connectivity index (χ0n) is 32.2. The van der Waals surface area contributed by atoms with Crippen molar-refractivity contribution in [2.75, 3.05) is 0 Å². The molecule has 53 heavy (non-hydrogen) atoms. The molecule has 0 spiro atoms. The van der Waals surface area contributed by atoms with E-state index in [0.29, 0.717) is 31.2 Å². The topological polar surface area (TPSA) is 146 Å². The van der Waals surface area contributed by atoms with E-state index < -0.39 is 34.9 Å². The molecular weight excluding hydrogens is 676 g/mol. The molecule has 10 nitrogen and oxygen atoms in total. The summed E-state index contributed by atoms with van der Waals surface area (Å²) in [6.45, 7) is 8.24. The van der Waals surface area contributed by atoms with Gasteiger partial charge < -0.3 is 23.7 Å². The Bertz CT molecular complexity index is 1700. The van der Waals surface area contributed by atoms with Gasteiger partial charge in [0, 0.05) is 37.3 Å². The molecule has 0 bridgehead atoms. The van der Waals surface area contributed by atoms with Crippen LogP contribution in [0.3, 0.4) is 0 Å². The molecule has 0 atom stereocenters. The molecule has 2 aromatic carbocycles. The van der Waals surface area contributed by atoms with Gasteiger partial charge >= 0.3 is 17.9 Å². The number of carbonyl (C=O) groups excluding carboxylic acids is 4. The van der Waals surface area contributed by atoms with Crippen LogP contribution < -0.4 is 19.6 Å². The van der Waals surface area contributed by atoms with Gasteiger partial charge in [0.2, 0.25) is 11.2 Å². The summed E-state index contributed by atoms with van der Waals surface area (Å²) in [4.78, 5) is 68.5. The van der Waals surface area contributed by atoms with Crippen LogP contribution in [-0.2, 0) is 14.4 Å². The van der Waals surface area contributed by atoms with Crippen molar-refractivity contribution in [2.45, 2.75) is 156 Å². The van der Waals surface area contributed by atoms with E-state index in [1.165, 1.54) is 30.3 Å². The molecule has 3 aromatic rings. The van der Waals surface area contributed by atoms with E-state index in [9.17, 15) is 29.1 Å². The Balaban J connectivity index is 2.30. The van der Waals surface area contributed by atoms with Crippen molar-refractivity contribution < 1.29 is 42.9 Å². The highest BCUT2D eigenvalue weighted by Crippen LogP contribution is 2.41. The lowest BCUT2D eigenvalue weighted by Crippen LogP contribution is -2.20. The van der Waals surface area contributed by atoms with E-state index in [1.54, 1.807) is 0 Å². The minimum absolute atomic E-state index is 0.0313. The summed E-state index contributed by atoms with van der Waals surface area (Å²) in [5.41, 5.74) is -0.844. The van der Waals surface area contributed by atoms with Gasteiger partial charge in [0.15, 0.2) is 17.3 Å². The van der Waals surface area contributed by atoms with Crippen LogP contribution in [0.4, 0.5) is 0 Å². The van der Waals surface area contributed by atoms with E-state index in [2.05, 4.69) is 27.7 Å². The number of carbonyl (C=O) groups is 4. The molecule has 0 unspecified atom stereocenters. The summed E-state index contributed by atoms with van der Waals surface area (Å²) in [5, 5.41) is 9.70. The quantitative estimate of drug-likeness (QED) is 0.0386. The molecule has 3 rings (SSSR count). The second-order valence-corrected chi connectivity index (χ2v) is 13.7. The number of ether oxygens (including phenoxy) is 3. The van der Waals surface area contributed by atoms with Gasteiger partial charge in [0.05, 0.1) is 0 Å². The third-order valence-electron chi connectivity index (χ3n) is 9.09. The first kappa shape index (κ1) is 42.9. The molecule has 0 saturated carbocycles. The average Bonchev–Trinajstić information content (AvgIpc) is 3.13. The summed E-state index contributed by atoms with van der Waals surface area (Å²) in [6.07, 6.45) is 13.3. The van der Waals surface area contributed by atoms with Crippen LogP contribution in [0.5, 0.6) is 23.0 Å². The zero-order chi connectivity index (χ0) is 38.6. The third kappa shape index (κ3) is 13.5. The Morgan fingerprint density at radius 3 is 1.53 bits per heavy atom. The number of ketones is 1. The maximum atomic E-state index is 14.6. The summed E-state index contributed by atoms with van der Waals surface area (Å²) < 4.78 is 23.8. The summed E-state index contributed by atoms with van der Waals surface area (Å²) in [7, 11) is 0. The Morgan fingerprint density at radius 2 is 1.04 bits per heavy atom. The minimum Gasteiger partial charge on any atom is -0.508 e. The first-order valence-electron chi connectivity index (χ1n) is 19.8. The molecule has 1 N–H and O–H groups in total. The molecule has 0 aliphatic rings. The Kier molecular flexibility index (Phi) is 18.8. The second-order valence-electron chi connectivity index (χ2n) is 13.7. The number of rotatable bonds is 25. The first-order chi connectivity index (χ1) is 25.6. The van der Waals surface area contributed by atoms with Gasteiger partial charge in [-0.05, 0) is 49.9 Å². The lowest BCUT2D eigenvalue weighted by Gasteiger charge is -2.18. The van der Waals surface area contributed by atoms with Crippen LogP contribution in [0.15, 0.2) is 39.5 Å². The standard InChI is InChI=1S/C43H58O10/c1-5-9-13-17-21-32(45)38-33(50-35(46)22-18-14-10-6-2)29-34-39(42(38)52-36(47)23-19-15-11-7-3)40(49)43(53-37(48)24-20-16-12-8-4)41(51-34)30-25-27-31(44)28-26-30/h25-29,44H,5-24H2,1-4H3. The SMILES string of the molecule is CCCCCCC(=O)Oc1cc2oc(-c3ccc(O)cc3)c(OC(=O)CCCCCC)c(=O)c2c(OC(=O)CCCCCC)c1C(=O)CCCCCC. The normalized spacial score (nSPS) is 11.1. The lowest BCUT2D eigenvalue weighted by atomic mass is 9.99. The van der Waals surface area contributed by atoms with Crippen LogP contribution in [0.1, 0.15) is 166 Å². The number of benzene rings is 2. The maximum absolute atomic E-state index is 14.6. The van der Waals surface area contributed by atoms with E-state index in [1.807, 2.05) is 0 Å². The summed E-state index contributed by atoms with van der Waals surface area (Å²) in [5.74, 6) is -3.48. The highest BCUT2D eigenvalue weighted by atomic mass is 16.6. The fourth-order valence-electron chi connectivity index (χ4n) is 6.05. The van der Waals surface area contributed by atoms with E-state index >= 15 is 0 Å². The van der Waals surface area contributed by atoms with Crippen molar-refractivity contribution in [1.82, 2.24) is 0 Å². The predicted molar refractivity (Wildman–Crippen MR) is 206 cm³/mol. The van der Waals surface area contributed by atoms with Crippen molar-refractivity contribution in [3.05, 3.63) is 46.1 Å². The molecule has 290 valence electrons. The van der Waals surface area contributed by atoms with Crippen molar-refractivity contribution in [3.63, 3.8) is 0 Å². The van der Waals surface area contributed by atoms with Gasteiger partial charge in [-0.1, -0.05) is 105 Å². The molecule has 0 radical (unpaired) electrons. The van der Waals surface area contributed by atoms with Crippen molar-refractivity contribution in [3.8, 4) is 34.3 Å². The van der Waals surface area contributed by atoms with Gasteiger partial charge in [-0.3, -0.25) is 24.0 Å². The summed E-state index contributed by atoms with van der Waals surface area (Å²) >= 11 is 0. The molecule has 1 aromatic heterocycles. The van der Waals surface area contributed by atoms with Gasteiger partial charge in [-0.25, -0.2) is 0 Å². The highest BCUT2D eigenvalue weighted by Gasteiger charge is 2.31. The number of aromatic hydroxyl groups is 1. The Hall–Kier alpha value is -4.47. The van der Waals surface area contributed by atoms with Crippen LogP contribution in [0, 0.1) is 0 Å². The van der Waals surface area contributed by atoms with Crippen LogP contribution in [0.25, 0.3) is 22.3 Å². The molecule has 0 aliphatic carbocycles. The van der Waals surface area contributed by atoms with Gasteiger partial charge in [-0.15, -0.1) is 0 Å². The number of esters is 3. The number of Topliss-reactive ketones (excluding diaryl/α,β-unsaturated/α-hetero) is 1. The van der Waals surface area contributed by atoms with Crippen LogP contribution >= 0.6 is 0 Å². The number of hydrogen-bond donors (Lipinski definition) is 1. The molecule has 0 fully saturated rings. The highest BCUT2D eigenvalue weighted by molar-refractivity contribution is 6.08. The van der Waals surface area contributed by atoms with E-state index in [-0.39, 0.29) is 65.2 Å². The number of phenolic OH excluding ortho intramolecular Hbond substituents is 1. The fraction of sp³-hybridized carbons (Fsp3) is 0.558. The van der Waals surface area contributed by atoms with Gasteiger partial charge in [0.1, 0.15) is 28.0 Å². The minimum atomic E-state index is -0.831. The fourth-order valence-corrected chi connectivity index (χ4v) is 6.05. The van der Waals surface area contributed by atoms with Gasteiger partial charge in [-0.2, -0.15) is 0 Å². The number of hydrogen-bond acceptors (Lipinski definition) is 10. The monoisotopic (exact) mass is 734 g/mol. The van der Waals surface area contributed by atoms with Crippen LogP contribution in [0.2, 0.25) is 0 Å². The number of unbranched alkanes of at least 4 members (excludes halogenated alkanes) is 12. The molecule has 0 saturated heterocycles.